The summed E-state index contributed by atoms with van der Waals surface area (Å²) in [7, 11) is 1.91. The number of likely N-dealkylation sites (N-methyl/N-ethyl adjacent to an activating group) is 1. The topological polar surface area (TPSA) is 73.5 Å². The van der Waals surface area contributed by atoms with Crippen LogP contribution in [0.1, 0.15) is 12.5 Å². The van der Waals surface area contributed by atoms with E-state index in [-0.39, 0.29) is 0 Å². The van der Waals surface area contributed by atoms with E-state index < -0.39 is 0 Å². The van der Waals surface area contributed by atoms with Crippen LogP contribution in [-0.2, 0) is 18.8 Å². The van der Waals surface area contributed by atoms with Crippen LogP contribution in [0.15, 0.2) is 17.6 Å². The fourth-order valence-corrected chi connectivity index (χ4v) is 2.28. The van der Waals surface area contributed by atoms with Gasteiger partial charge in [0.15, 0.2) is 0 Å². The summed E-state index contributed by atoms with van der Waals surface area (Å²) in [4.78, 5) is 0. The third kappa shape index (κ3) is 3.30. The molecule has 1 N–H and O–H groups in total. The van der Waals surface area contributed by atoms with Gasteiger partial charge in [-0.2, -0.15) is 5.10 Å². The maximum Gasteiger partial charge on any atom is 0.209 e. The molecule has 0 amide bonds. The zero-order chi connectivity index (χ0) is 12.8. The van der Waals surface area contributed by atoms with Gasteiger partial charge < -0.3 is 5.32 Å². The minimum atomic E-state index is 0.778. The molecule has 0 aliphatic heterocycles. The molecule has 0 fully saturated rings. The van der Waals surface area contributed by atoms with Crippen LogP contribution in [0.4, 0.5) is 0 Å². The van der Waals surface area contributed by atoms with Gasteiger partial charge in [-0.05, 0) is 24.4 Å². The predicted octanol–water partition coefficient (Wildman–Crippen LogP) is 0.401. The number of nitrogens with zero attached hydrogens (tertiary/aromatic N) is 6. The number of tetrazole rings is 1. The molecule has 0 saturated heterocycles. The van der Waals surface area contributed by atoms with Gasteiger partial charge in [-0.15, -0.1) is 5.10 Å². The standard InChI is InChI=1S/C10H17N7S/c1-3-16-7-9(6-12-16)8-18-10-13-14-15-17(10)5-4-11-2/h6-7,11H,3-5,8H2,1-2H3. The van der Waals surface area contributed by atoms with Crippen molar-refractivity contribution < 1.29 is 0 Å². The minimum Gasteiger partial charge on any atom is -0.318 e. The molecule has 0 aliphatic carbocycles. The summed E-state index contributed by atoms with van der Waals surface area (Å²) in [6.45, 7) is 4.60. The Balaban J connectivity index is 1.91. The highest BCUT2D eigenvalue weighted by Crippen LogP contribution is 2.19. The maximum atomic E-state index is 4.24. The average Bonchev–Trinajstić information content (AvgIpc) is 3.02. The number of hydrogen-bond donors (Lipinski definition) is 1. The van der Waals surface area contributed by atoms with Gasteiger partial charge in [-0.1, -0.05) is 11.8 Å². The second-order valence-corrected chi connectivity index (χ2v) is 4.72. The molecule has 0 radical (unpaired) electrons. The summed E-state index contributed by atoms with van der Waals surface area (Å²) in [5.41, 5.74) is 1.19. The molecular formula is C10H17N7S. The van der Waals surface area contributed by atoms with Crippen LogP contribution < -0.4 is 5.32 Å². The molecule has 8 heteroatoms. The Bertz CT molecular complexity index is 478. The highest BCUT2D eigenvalue weighted by Gasteiger charge is 2.07. The van der Waals surface area contributed by atoms with E-state index in [0.717, 1.165) is 30.5 Å². The van der Waals surface area contributed by atoms with Crippen LogP contribution in [0.2, 0.25) is 0 Å². The zero-order valence-corrected chi connectivity index (χ0v) is 11.4. The van der Waals surface area contributed by atoms with Gasteiger partial charge in [-0.3, -0.25) is 4.68 Å². The average molecular weight is 267 g/mol. The third-order valence-corrected chi connectivity index (χ3v) is 3.48. The molecule has 0 unspecified atom stereocenters. The first-order valence-electron chi connectivity index (χ1n) is 5.88. The van der Waals surface area contributed by atoms with Crippen LogP contribution >= 0.6 is 11.8 Å². The molecule has 98 valence electrons. The Kier molecular flexibility index (Phi) is 4.71. The number of hydrogen-bond acceptors (Lipinski definition) is 6. The molecule has 0 spiro atoms. The summed E-state index contributed by atoms with van der Waals surface area (Å²) >= 11 is 1.63. The number of aryl methyl sites for hydroxylation is 1. The molecule has 2 aromatic heterocycles. The van der Waals surface area contributed by atoms with Gasteiger partial charge in [0.1, 0.15) is 0 Å². The highest BCUT2D eigenvalue weighted by atomic mass is 32.2. The summed E-state index contributed by atoms with van der Waals surface area (Å²) in [5.74, 6) is 0.833. The number of thioether (sulfide) groups is 1. The minimum absolute atomic E-state index is 0.778. The molecule has 0 saturated carbocycles. The molecule has 2 heterocycles. The number of aromatic nitrogens is 6. The second-order valence-electron chi connectivity index (χ2n) is 3.78. The van der Waals surface area contributed by atoms with Crippen molar-refractivity contribution in [1.82, 2.24) is 35.3 Å². The summed E-state index contributed by atoms with van der Waals surface area (Å²) in [5, 5.41) is 19.8. The van der Waals surface area contributed by atoms with Crippen LogP contribution in [-0.4, -0.2) is 43.6 Å². The van der Waals surface area contributed by atoms with Crippen molar-refractivity contribution in [2.45, 2.75) is 30.9 Å². The first-order valence-corrected chi connectivity index (χ1v) is 6.87. The Morgan fingerprint density at radius 2 is 2.33 bits per heavy atom. The third-order valence-electron chi connectivity index (χ3n) is 2.45. The van der Waals surface area contributed by atoms with Crippen molar-refractivity contribution in [2.75, 3.05) is 13.6 Å². The molecule has 0 aliphatic rings. The fraction of sp³-hybridized carbons (Fsp3) is 0.600. The lowest BCUT2D eigenvalue weighted by atomic mass is 10.4. The van der Waals surface area contributed by atoms with E-state index in [1.54, 1.807) is 11.8 Å². The quantitative estimate of drug-likeness (QED) is 0.732. The van der Waals surface area contributed by atoms with Crippen molar-refractivity contribution in [1.29, 1.82) is 0 Å². The van der Waals surface area contributed by atoms with Crippen molar-refractivity contribution in [2.24, 2.45) is 0 Å². The molecular weight excluding hydrogens is 250 g/mol. The van der Waals surface area contributed by atoms with Crippen LogP contribution in [0.25, 0.3) is 0 Å². The number of rotatable bonds is 7. The smallest absolute Gasteiger partial charge is 0.209 e. The van der Waals surface area contributed by atoms with E-state index in [9.17, 15) is 0 Å². The number of nitrogens with one attached hydrogen (secondary N) is 1. The van der Waals surface area contributed by atoms with E-state index in [1.807, 2.05) is 22.6 Å². The van der Waals surface area contributed by atoms with Crippen LogP contribution in [0.3, 0.4) is 0 Å². The van der Waals surface area contributed by atoms with Crippen LogP contribution in [0.5, 0.6) is 0 Å². The van der Waals surface area contributed by atoms with Crippen molar-refractivity contribution >= 4 is 11.8 Å². The van der Waals surface area contributed by atoms with Gasteiger partial charge >= 0.3 is 0 Å². The lowest BCUT2D eigenvalue weighted by Crippen LogP contribution is -2.16. The van der Waals surface area contributed by atoms with Gasteiger partial charge in [-0.25, -0.2) is 4.68 Å². The van der Waals surface area contributed by atoms with Crippen molar-refractivity contribution in [3.63, 3.8) is 0 Å². The predicted molar refractivity (Wildman–Crippen MR) is 69.2 cm³/mol. The normalized spacial score (nSPS) is 11.0. The zero-order valence-electron chi connectivity index (χ0n) is 10.6. The summed E-state index contributed by atoms with van der Waals surface area (Å²) in [6.07, 6.45) is 3.94. The van der Waals surface area contributed by atoms with Gasteiger partial charge in [0.05, 0.1) is 12.7 Å². The largest absolute Gasteiger partial charge is 0.318 e. The lowest BCUT2D eigenvalue weighted by molar-refractivity contribution is 0.530. The SMILES string of the molecule is CCn1cc(CSc2nnnn2CCNC)cn1. The molecule has 2 rings (SSSR count). The summed E-state index contributed by atoms with van der Waals surface area (Å²) in [6, 6.07) is 0. The first kappa shape index (κ1) is 13.0. The van der Waals surface area contributed by atoms with E-state index >= 15 is 0 Å². The van der Waals surface area contributed by atoms with Gasteiger partial charge in [0.2, 0.25) is 5.16 Å². The molecule has 2 aromatic rings. The van der Waals surface area contributed by atoms with E-state index in [1.165, 1.54) is 5.56 Å². The van der Waals surface area contributed by atoms with Crippen LogP contribution in [0, 0.1) is 0 Å². The van der Waals surface area contributed by atoms with E-state index in [4.69, 9.17) is 0 Å². The summed E-state index contributed by atoms with van der Waals surface area (Å²) < 4.78 is 3.73. The highest BCUT2D eigenvalue weighted by molar-refractivity contribution is 7.98. The van der Waals surface area contributed by atoms with Crippen molar-refractivity contribution in [3.05, 3.63) is 18.0 Å². The van der Waals surface area contributed by atoms with Gasteiger partial charge in [0.25, 0.3) is 0 Å². The van der Waals surface area contributed by atoms with E-state index in [2.05, 4.69) is 39.1 Å². The first-order chi connectivity index (χ1) is 8.83. The molecule has 0 aromatic carbocycles. The van der Waals surface area contributed by atoms with Crippen molar-refractivity contribution in [3.8, 4) is 0 Å². The molecule has 0 atom stereocenters. The molecule has 18 heavy (non-hydrogen) atoms. The van der Waals surface area contributed by atoms with E-state index in [0.29, 0.717) is 0 Å². The maximum absolute atomic E-state index is 4.24. The lowest BCUT2D eigenvalue weighted by Gasteiger charge is -2.02. The molecule has 7 nitrogen and oxygen atoms in total. The Labute approximate surface area is 110 Å². The van der Waals surface area contributed by atoms with Gasteiger partial charge in [0, 0.05) is 30.6 Å². The second kappa shape index (κ2) is 6.50. The fourth-order valence-electron chi connectivity index (χ4n) is 1.46. The Morgan fingerprint density at radius 1 is 1.44 bits per heavy atom. The Morgan fingerprint density at radius 3 is 3.06 bits per heavy atom. The monoisotopic (exact) mass is 267 g/mol. The molecule has 0 bridgehead atoms. The Hall–Kier alpha value is -1.41.